The maximum atomic E-state index is 4.38. The van der Waals surface area contributed by atoms with Crippen LogP contribution >= 0.6 is 35.3 Å². The van der Waals surface area contributed by atoms with Crippen molar-refractivity contribution < 1.29 is 0 Å². The summed E-state index contributed by atoms with van der Waals surface area (Å²) in [4.78, 5) is 12.5. The second-order valence-electron chi connectivity index (χ2n) is 6.86. The molecule has 1 aromatic heterocycles. The summed E-state index contributed by atoms with van der Waals surface area (Å²) in [6.45, 7) is 7.30. The topological polar surface area (TPSA) is 52.6 Å². The zero-order valence-electron chi connectivity index (χ0n) is 16.1. The van der Waals surface area contributed by atoms with Gasteiger partial charge in [0, 0.05) is 37.8 Å². The molecule has 7 heteroatoms. The van der Waals surface area contributed by atoms with E-state index in [0.717, 1.165) is 37.0 Å². The molecule has 5 nitrogen and oxygen atoms in total. The number of hydrogen-bond acceptors (Lipinski definition) is 4. The maximum absolute atomic E-state index is 4.38. The first kappa shape index (κ1) is 22.1. The molecule has 1 fully saturated rings. The first-order valence-corrected chi connectivity index (χ1v) is 10.2. The number of hydrogen-bond donors (Lipinski definition) is 2. The molecule has 0 bridgehead atoms. The van der Waals surface area contributed by atoms with E-state index in [-0.39, 0.29) is 24.0 Å². The lowest BCUT2D eigenvalue weighted by Crippen LogP contribution is -2.40. The molecule has 2 aromatic rings. The zero-order chi connectivity index (χ0) is 18.2. The fourth-order valence-electron chi connectivity index (χ4n) is 3.32. The molecule has 1 unspecified atom stereocenters. The van der Waals surface area contributed by atoms with E-state index in [1.54, 1.807) is 11.3 Å². The van der Waals surface area contributed by atoms with Crippen LogP contribution in [0.15, 0.2) is 41.5 Å². The van der Waals surface area contributed by atoms with E-state index < -0.39 is 0 Å². The van der Waals surface area contributed by atoms with E-state index in [0.29, 0.717) is 5.92 Å². The van der Waals surface area contributed by atoms with Gasteiger partial charge in [-0.25, -0.2) is 4.98 Å². The lowest BCUT2D eigenvalue weighted by atomic mass is 10.1. The zero-order valence-corrected chi connectivity index (χ0v) is 19.3. The van der Waals surface area contributed by atoms with Crippen LogP contribution in [0.25, 0.3) is 0 Å². The average Bonchev–Trinajstić information content (AvgIpc) is 3.30. The number of guanidine groups is 1. The van der Waals surface area contributed by atoms with Crippen molar-refractivity contribution in [2.45, 2.75) is 26.3 Å². The fourth-order valence-corrected chi connectivity index (χ4v) is 4.05. The van der Waals surface area contributed by atoms with Crippen LogP contribution in [-0.2, 0) is 13.0 Å². The highest BCUT2D eigenvalue weighted by atomic mass is 127. The molecule has 0 amide bonds. The molecule has 0 spiro atoms. The third-order valence-corrected chi connectivity index (χ3v) is 5.70. The van der Waals surface area contributed by atoms with E-state index >= 15 is 0 Å². The summed E-state index contributed by atoms with van der Waals surface area (Å²) in [5.74, 6) is 1.55. The lowest BCUT2D eigenvalue weighted by Gasteiger charge is -2.17. The van der Waals surface area contributed by atoms with E-state index in [9.17, 15) is 0 Å². The Morgan fingerprint density at radius 2 is 2.11 bits per heavy atom. The van der Waals surface area contributed by atoms with Gasteiger partial charge in [0.15, 0.2) is 5.96 Å². The number of likely N-dealkylation sites (tertiary alicyclic amines) is 1. The molecule has 0 radical (unpaired) electrons. The van der Waals surface area contributed by atoms with Crippen molar-refractivity contribution in [3.8, 4) is 0 Å². The van der Waals surface area contributed by atoms with Crippen molar-refractivity contribution in [2.24, 2.45) is 10.9 Å². The molecule has 148 valence electrons. The number of aliphatic imine (C=N–C) groups is 1. The predicted octanol–water partition coefficient (Wildman–Crippen LogP) is 3.30. The number of halogens is 1. The van der Waals surface area contributed by atoms with E-state index in [4.69, 9.17) is 0 Å². The summed E-state index contributed by atoms with van der Waals surface area (Å²) in [6, 6.07) is 10.8. The van der Waals surface area contributed by atoms with Crippen molar-refractivity contribution >= 4 is 41.3 Å². The van der Waals surface area contributed by atoms with Crippen molar-refractivity contribution in [1.82, 2.24) is 20.5 Å². The number of aromatic nitrogens is 1. The van der Waals surface area contributed by atoms with Gasteiger partial charge >= 0.3 is 0 Å². The van der Waals surface area contributed by atoms with Crippen LogP contribution in [0, 0.1) is 12.8 Å². The summed E-state index contributed by atoms with van der Waals surface area (Å²) in [6.07, 6.45) is 4.31. The molecular weight excluding hydrogens is 469 g/mol. The minimum atomic E-state index is 0. The monoisotopic (exact) mass is 499 g/mol. The van der Waals surface area contributed by atoms with Gasteiger partial charge in [-0.15, -0.1) is 35.3 Å². The van der Waals surface area contributed by atoms with Crippen LogP contribution in [0.3, 0.4) is 0 Å². The third kappa shape index (κ3) is 7.38. The summed E-state index contributed by atoms with van der Waals surface area (Å²) in [7, 11) is 1.82. The van der Waals surface area contributed by atoms with Gasteiger partial charge in [0.25, 0.3) is 0 Å². The SMILES string of the molecule is CN=C(NCc1ncc(C)s1)NCC1CCN(CCc2ccccc2)C1.I. The lowest BCUT2D eigenvalue weighted by molar-refractivity contribution is 0.328. The van der Waals surface area contributed by atoms with Gasteiger partial charge in [0.1, 0.15) is 5.01 Å². The Balaban J connectivity index is 0.00000261. The summed E-state index contributed by atoms with van der Waals surface area (Å²) in [5.41, 5.74) is 1.43. The van der Waals surface area contributed by atoms with Gasteiger partial charge in [0.2, 0.25) is 0 Å². The Morgan fingerprint density at radius 3 is 2.81 bits per heavy atom. The molecule has 1 aromatic carbocycles. The Kier molecular flexibility index (Phi) is 9.50. The number of aryl methyl sites for hydroxylation is 1. The van der Waals surface area contributed by atoms with Crippen LogP contribution in [-0.4, -0.2) is 49.1 Å². The highest BCUT2D eigenvalue weighted by molar-refractivity contribution is 14.0. The van der Waals surface area contributed by atoms with Gasteiger partial charge in [0.05, 0.1) is 6.54 Å². The second kappa shape index (κ2) is 11.6. The first-order chi connectivity index (χ1) is 12.7. The molecule has 1 aliphatic rings. The number of benzene rings is 1. The molecule has 0 saturated carbocycles. The van der Waals surface area contributed by atoms with E-state index in [2.05, 4.69) is 62.8 Å². The van der Waals surface area contributed by atoms with Gasteiger partial charge in [-0.05, 0) is 37.8 Å². The minimum absolute atomic E-state index is 0. The molecular formula is C20H30IN5S. The molecule has 1 aliphatic heterocycles. The van der Waals surface area contributed by atoms with Crippen LogP contribution in [0.5, 0.6) is 0 Å². The Labute approximate surface area is 183 Å². The van der Waals surface area contributed by atoms with Crippen molar-refractivity contribution in [1.29, 1.82) is 0 Å². The standard InChI is InChI=1S/C20H29N5S.HI/c1-16-12-22-19(26-16)14-24-20(21-2)23-13-18-9-11-25(15-18)10-8-17-6-4-3-5-7-17;/h3-7,12,18H,8-11,13-15H2,1-2H3,(H2,21,23,24);1H. The number of thiazole rings is 1. The predicted molar refractivity (Wildman–Crippen MR) is 125 cm³/mol. The molecule has 1 atom stereocenters. The Morgan fingerprint density at radius 1 is 1.30 bits per heavy atom. The minimum Gasteiger partial charge on any atom is -0.356 e. The van der Waals surface area contributed by atoms with Crippen molar-refractivity contribution in [3.63, 3.8) is 0 Å². The van der Waals surface area contributed by atoms with Crippen LogP contribution in [0.4, 0.5) is 0 Å². The highest BCUT2D eigenvalue weighted by Gasteiger charge is 2.22. The van der Waals surface area contributed by atoms with Crippen molar-refractivity contribution in [3.05, 3.63) is 52.0 Å². The van der Waals surface area contributed by atoms with E-state index in [1.165, 1.54) is 30.0 Å². The fraction of sp³-hybridized carbons (Fsp3) is 0.500. The summed E-state index contributed by atoms with van der Waals surface area (Å²) in [5, 5.41) is 7.92. The average molecular weight is 499 g/mol. The number of rotatable bonds is 7. The number of nitrogens with zero attached hydrogens (tertiary/aromatic N) is 3. The quantitative estimate of drug-likeness (QED) is 0.349. The highest BCUT2D eigenvalue weighted by Crippen LogP contribution is 2.16. The largest absolute Gasteiger partial charge is 0.356 e. The van der Waals surface area contributed by atoms with Gasteiger partial charge in [-0.1, -0.05) is 30.3 Å². The van der Waals surface area contributed by atoms with Crippen LogP contribution in [0.1, 0.15) is 21.9 Å². The maximum Gasteiger partial charge on any atom is 0.191 e. The van der Waals surface area contributed by atoms with E-state index in [1.807, 2.05) is 13.2 Å². The molecule has 0 aliphatic carbocycles. The molecule has 1 saturated heterocycles. The van der Waals surface area contributed by atoms with Crippen molar-refractivity contribution in [2.75, 3.05) is 33.2 Å². The van der Waals surface area contributed by atoms with Gasteiger partial charge in [-0.3, -0.25) is 4.99 Å². The smallest absolute Gasteiger partial charge is 0.191 e. The third-order valence-electron chi connectivity index (χ3n) is 4.79. The Bertz CT molecular complexity index is 703. The number of nitrogens with one attached hydrogen (secondary N) is 2. The first-order valence-electron chi connectivity index (χ1n) is 9.35. The normalized spacial score (nSPS) is 17.6. The van der Waals surface area contributed by atoms with Crippen LogP contribution < -0.4 is 10.6 Å². The Hall–Kier alpha value is -1.19. The summed E-state index contributed by atoms with van der Waals surface area (Å²) < 4.78 is 0. The molecule has 27 heavy (non-hydrogen) atoms. The molecule has 2 heterocycles. The van der Waals surface area contributed by atoms with Gasteiger partial charge in [-0.2, -0.15) is 0 Å². The second-order valence-corrected chi connectivity index (χ2v) is 8.18. The molecule has 3 rings (SSSR count). The summed E-state index contributed by atoms with van der Waals surface area (Å²) >= 11 is 1.72. The molecule has 2 N–H and O–H groups in total. The van der Waals surface area contributed by atoms with Gasteiger partial charge < -0.3 is 15.5 Å². The van der Waals surface area contributed by atoms with Crippen LogP contribution in [0.2, 0.25) is 0 Å².